The third kappa shape index (κ3) is 6.18. The van der Waals surface area contributed by atoms with Crippen molar-refractivity contribution in [1.82, 2.24) is 9.13 Å². The lowest BCUT2D eigenvalue weighted by Crippen LogP contribution is -1.96. The van der Waals surface area contributed by atoms with E-state index in [1.807, 2.05) is 6.07 Å². The number of hydrogen-bond acceptors (Lipinski definition) is 0. The topological polar surface area (TPSA) is 9.86 Å². The van der Waals surface area contributed by atoms with Gasteiger partial charge in [0.25, 0.3) is 0 Å². The Hall–Kier alpha value is -7.42. The van der Waals surface area contributed by atoms with Crippen LogP contribution in [0.2, 0.25) is 0 Å². The molecule has 10 rings (SSSR count). The Labute approximate surface area is 333 Å². The van der Waals surface area contributed by atoms with Gasteiger partial charge in [0.2, 0.25) is 0 Å². The van der Waals surface area contributed by atoms with Gasteiger partial charge < -0.3 is 9.13 Å². The quantitative estimate of drug-likeness (QED) is 0.138. The zero-order valence-electron chi connectivity index (χ0n) is 31.8. The van der Waals surface area contributed by atoms with E-state index in [9.17, 15) is 0 Å². The maximum absolute atomic E-state index is 4.47. The van der Waals surface area contributed by atoms with Gasteiger partial charge >= 0.3 is 0 Å². The van der Waals surface area contributed by atoms with Crippen LogP contribution in [0.5, 0.6) is 0 Å². The molecule has 10 aromatic rings. The van der Waals surface area contributed by atoms with Crippen LogP contribution in [0.4, 0.5) is 0 Å². The highest BCUT2D eigenvalue weighted by Gasteiger charge is 2.19. The Morgan fingerprint density at radius 1 is 0.474 bits per heavy atom. The minimum absolute atomic E-state index is 0.976. The summed E-state index contributed by atoms with van der Waals surface area (Å²) in [6.45, 7) is 6.65. The van der Waals surface area contributed by atoms with Crippen LogP contribution in [0.3, 0.4) is 0 Å². The van der Waals surface area contributed by atoms with Crippen molar-refractivity contribution in [1.29, 1.82) is 0 Å². The summed E-state index contributed by atoms with van der Waals surface area (Å²) in [5.74, 6) is 0. The standard InChI is InChI=1S/C55H40N2/c1-38(40-16-6-3-7-17-40)34-45(35-39(2)41-18-8-4-9-19-41)42-26-29-47(30-27-42)57-54-25-15-14-23-49(54)52-37-51(48-22-12-13-24-50(48)55(52)57)43-28-31-53-44(36-43)32-33-56(53)46-20-10-5-11-21-46/h3-37H,1H2,2H3/b39-35+,45-34+. The van der Waals surface area contributed by atoms with E-state index in [0.29, 0.717) is 0 Å². The van der Waals surface area contributed by atoms with E-state index < -0.39 is 0 Å². The molecule has 0 aliphatic heterocycles. The smallest absolute Gasteiger partial charge is 0.0619 e. The van der Waals surface area contributed by atoms with Gasteiger partial charge in [0.05, 0.1) is 16.6 Å². The summed E-state index contributed by atoms with van der Waals surface area (Å²) in [7, 11) is 0. The first-order valence-corrected chi connectivity index (χ1v) is 19.5. The molecule has 0 radical (unpaired) electrons. The van der Waals surface area contributed by atoms with Crippen molar-refractivity contribution in [2.75, 3.05) is 0 Å². The first-order valence-electron chi connectivity index (χ1n) is 19.5. The van der Waals surface area contributed by atoms with Crippen molar-refractivity contribution in [3.05, 3.63) is 236 Å². The van der Waals surface area contributed by atoms with E-state index in [1.54, 1.807) is 0 Å². The summed E-state index contributed by atoms with van der Waals surface area (Å²) < 4.78 is 4.71. The maximum atomic E-state index is 4.47. The monoisotopic (exact) mass is 728 g/mol. The Balaban J connectivity index is 1.11. The molecule has 2 aromatic heterocycles. The fourth-order valence-corrected chi connectivity index (χ4v) is 8.41. The largest absolute Gasteiger partial charge is 0.317 e. The van der Waals surface area contributed by atoms with E-state index in [1.165, 1.54) is 65.7 Å². The highest BCUT2D eigenvalue weighted by molar-refractivity contribution is 6.22. The average Bonchev–Trinajstić information content (AvgIpc) is 3.86. The molecule has 2 nitrogen and oxygen atoms in total. The molecule has 0 saturated carbocycles. The zero-order chi connectivity index (χ0) is 38.3. The zero-order valence-corrected chi connectivity index (χ0v) is 31.8. The van der Waals surface area contributed by atoms with Gasteiger partial charge in [-0.25, -0.2) is 0 Å². The average molecular weight is 729 g/mol. The van der Waals surface area contributed by atoms with Crippen LogP contribution in [0.1, 0.15) is 23.6 Å². The van der Waals surface area contributed by atoms with E-state index in [2.05, 4.69) is 229 Å². The summed E-state index contributed by atoms with van der Waals surface area (Å²) in [5, 5.41) is 6.16. The third-order valence-corrected chi connectivity index (χ3v) is 11.2. The molecule has 270 valence electrons. The van der Waals surface area contributed by atoms with Gasteiger partial charge in [-0.3, -0.25) is 0 Å². The maximum Gasteiger partial charge on any atom is 0.0619 e. The normalized spacial score (nSPS) is 12.2. The summed E-state index contributed by atoms with van der Waals surface area (Å²) in [4.78, 5) is 0. The van der Waals surface area contributed by atoms with Gasteiger partial charge in [-0.05, 0) is 118 Å². The molecule has 0 aliphatic carbocycles. The summed E-state index contributed by atoms with van der Waals surface area (Å²) in [6, 6.07) is 69.7. The molecule has 0 saturated heterocycles. The first kappa shape index (κ1) is 34.1. The lowest BCUT2D eigenvalue weighted by atomic mass is 9.94. The molecule has 0 atom stereocenters. The van der Waals surface area contributed by atoms with Crippen molar-refractivity contribution < 1.29 is 0 Å². The predicted molar refractivity (Wildman–Crippen MR) is 244 cm³/mol. The molecule has 0 fully saturated rings. The number of allylic oxidation sites excluding steroid dienone is 5. The first-order chi connectivity index (χ1) is 28.1. The third-order valence-electron chi connectivity index (χ3n) is 11.2. The van der Waals surface area contributed by atoms with Crippen LogP contribution in [0, 0.1) is 0 Å². The minimum Gasteiger partial charge on any atom is -0.317 e. The van der Waals surface area contributed by atoms with E-state index in [4.69, 9.17) is 0 Å². The van der Waals surface area contributed by atoms with E-state index in [-0.39, 0.29) is 0 Å². The molecule has 8 aromatic carbocycles. The van der Waals surface area contributed by atoms with Gasteiger partial charge in [-0.15, -0.1) is 0 Å². The Kier molecular flexibility index (Phi) is 8.58. The molecule has 2 heteroatoms. The molecule has 0 spiro atoms. The fourth-order valence-electron chi connectivity index (χ4n) is 8.41. The molecule has 0 N–H and O–H groups in total. The number of rotatable bonds is 8. The lowest BCUT2D eigenvalue weighted by Gasteiger charge is -2.14. The molecule has 0 bridgehead atoms. The van der Waals surface area contributed by atoms with Crippen molar-refractivity contribution in [3.63, 3.8) is 0 Å². The summed E-state index contributed by atoms with van der Waals surface area (Å²) in [5.41, 5.74) is 15.1. The summed E-state index contributed by atoms with van der Waals surface area (Å²) >= 11 is 0. The highest BCUT2D eigenvalue weighted by atomic mass is 15.0. The number of fused-ring (bicyclic) bond motifs is 6. The number of para-hydroxylation sites is 2. The van der Waals surface area contributed by atoms with Crippen molar-refractivity contribution in [2.24, 2.45) is 0 Å². The number of aromatic nitrogens is 2. The van der Waals surface area contributed by atoms with E-state index in [0.717, 1.165) is 33.6 Å². The Morgan fingerprint density at radius 3 is 1.84 bits per heavy atom. The van der Waals surface area contributed by atoms with Crippen molar-refractivity contribution in [3.8, 4) is 22.5 Å². The Bertz CT molecular complexity index is 3160. The van der Waals surface area contributed by atoms with Crippen LogP contribution >= 0.6 is 0 Å². The van der Waals surface area contributed by atoms with E-state index >= 15 is 0 Å². The Morgan fingerprint density at radius 2 is 1.11 bits per heavy atom. The molecule has 2 heterocycles. The predicted octanol–water partition coefficient (Wildman–Crippen LogP) is 14.7. The molecule has 57 heavy (non-hydrogen) atoms. The second-order valence-corrected chi connectivity index (χ2v) is 14.7. The lowest BCUT2D eigenvalue weighted by molar-refractivity contribution is 1.13. The number of benzene rings is 8. The second-order valence-electron chi connectivity index (χ2n) is 14.7. The fraction of sp³-hybridized carbons (Fsp3) is 0.0182. The van der Waals surface area contributed by atoms with Crippen LogP contribution in [0.15, 0.2) is 219 Å². The SMILES string of the molecule is C=C(/C=C(\C=C(/C)c1ccccc1)c1ccc(-n2c3ccccc3c3cc(-c4ccc5c(ccn5-c5ccccc5)c4)c4ccccc4c32)cc1)c1ccccc1. The molecule has 0 unspecified atom stereocenters. The number of nitrogens with zero attached hydrogens (tertiary/aromatic N) is 2. The van der Waals surface area contributed by atoms with Crippen molar-refractivity contribution >= 4 is 60.2 Å². The van der Waals surface area contributed by atoms with Gasteiger partial charge in [-0.2, -0.15) is 0 Å². The van der Waals surface area contributed by atoms with Gasteiger partial charge in [0.15, 0.2) is 0 Å². The van der Waals surface area contributed by atoms with Gasteiger partial charge in [0.1, 0.15) is 0 Å². The molecular formula is C55H40N2. The number of hydrogen-bond donors (Lipinski definition) is 0. The van der Waals surface area contributed by atoms with Crippen LogP contribution in [-0.4, -0.2) is 9.13 Å². The highest BCUT2D eigenvalue weighted by Crippen LogP contribution is 2.42. The second kappa shape index (κ2) is 14.3. The van der Waals surface area contributed by atoms with Gasteiger partial charge in [-0.1, -0.05) is 152 Å². The summed E-state index contributed by atoms with van der Waals surface area (Å²) in [6.07, 6.45) is 6.66. The van der Waals surface area contributed by atoms with Crippen LogP contribution in [-0.2, 0) is 0 Å². The molecular weight excluding hydrogens is 689 g/mol. The van der Waals surface area contributed by atoms with Gasteiger partial charge in [0, 0.05) is 39.1 Å². The van der Waals surface area contributed by atoms with Crippen molar-refractivity contribution in [2.45, 2.75) is 6.92 Å². The minimum atomic E-state index is 0.976. The molecule has 0 amide bonds. The van der Waals surface area contributed by atoms with Crippen LogP contribution in [0.25, 0.3) is 82.7 Å². The van der Waals surface area contributed by atoms with Crippen LogP contribution < -0.4 is 0 Å². The molecule has 0 aliphatic rings.